The summed E-state index contributed by atoms with van der Waals surface area (Å²) in [7, 11) is 0. The van der Waals surface area contributed by atoms with Crippen LogP contribution in [0.4, 0.5) is 0 Å². The number of hydrogen-bond acceptors (Lipinski definition) is 3. The van der Waals surface area contributed by atoms with Crippen molar-refractivity contribution in [2.45, 2.75) is 25.8 Å². The average molecular weight is 260 g/mol. The number of nitrogens with zero attached hydrogens (tertiary/aromatic N) is 1. The van der Waals surface area contributed by atoms with Gasteiger partial charge in [-0.1, -0.05) is 30.3 Å². The van der Waals surface area contributed by atoms with Gasteiger partial charge in [0.05, 0.1) is 6.54 Å². The number of aryl methyl sites for hydroxylation is 1. The van der Waals surface area contributed by atoms with E-state index in [-0.39, 0.29) is 5.91 Å². The van der Waals surface area contributed by atoms with Gasteiger partial charge in [-0.2, -0.15) is 0 Å². The minimum absolute atomic E-state index is 0.0983. The van der Waals surface area contributed by atoms with E-state index in [1.807, 2.05) is 23.6 Å². The van der Waals surface area contributed by atoms with Gasteiger partial charge >= 0.3 is 0 Å². The van der Waals surface area contributed by atoms with Crippen LogP contribution in [0.2, 0.25) is 0 Å². The van der Waals surface area contributed by atoms with Crippen LogP contribution in [-0.4, -0.2) is 10.9 Å². The van der Waals surface area contributed by atoms with E-state index >= 15 is 0 Å². The Morgan fingerprint density at radius 3 is 2.83 bits per heavy atom. The number of aromatic nitrogens is 1. The lowest BCUT2D eigenvalue weighted by Crippen LogP contribution is -2.22. The molecule has 0 unspecified atom stereocenters. The molecule has 3 nitrogen and oxygen atoms in total. The maximum absolute atomic E-state index is 11.6. The van der Waals surface area contributed by atoms with E-state index in [0.29, 0.717) is 13.0 Å². The maximum atomic E-state index is 11.6. The van der Waals surface area contributed by atoms with Gasteiger partial charge in [0.2, 0.25) is 5.91 Å². The third-order valence-electron chi connectivity index (χ3n) is 2.63. The molecule has 0 saturated carbocycles. The number of rotatable bonds is 6. The van der Waals surface area contributed by atoms with Gasteiger partial charge in [0, 0.05) is 18.0 Å². The second-order valence-electron chi connectivity index (χ2n) is 4.04. The molecular weight excluding hydrogens is 244 g/mol. The minimum Gasteiger partial charge on any atom is -0.350 e. The molecule has 0 atom stereocenters. The van der Waals surface area contributed by atoms with Crippen molar-refractivity contribution in [2.24, 2.45) is 0 Å². The smallest absolute Gasteiger partial charge is 0.220 e. The first kappa shape index (κ1) is 12.8. The first-order valence-corrected chi connectivity index (χ1v) is 6.91. The maximum Gasteiger partial charge on any atom is 0.220 e. The van der Waals surface area contributed by atoms with Crippen LogP contribution in [0.25, 0.3) is 0 Å². The fourth-order valence-corrected chi connectivity index (χ4v) is 2.26. The van der Waals surface area contributed by atoms with Crippen LogP contribution in [0, 0.1) is 0 Å². The van der Waals surface area contributed by atoms with Crippen molar-refractivity contribution < 1.29 is 4.79 Å². The topological polar surface area (TPSA) is 42.0 Å². The second kappa shape index (κ2) is 6.91. The van der Waals surface area contributed by atoms with E-state index in [9.17, 15) is 4.79 Å². The molecule has 0 bridgehead atoms. The first-order valence-electron chi connectivity index (χ1n) is 6.03. The lowest BCUT2D eigenvalue weighted by Gasteiger charge is -2.03. The molecule has 1 amide bonds. The van der Waals surface area contributed by atoms with Gasteiger partial charge < -0.3 is 5.32 Å². The average Bonchev–Trinajstić information content (AvgIpc) is 2.91. The number of carbonyl (C=O) groups excluding carboxylic acids is 1. The fourth-order valence-electron chi connectivity index (χ4n) is 1.70. The molecule has 18 heavy (non-hydrogen) atoms. The molecule has 1 aromatic carbocycles. The summed E-state index contributed by atoms with van der Waals surface area (Å²) in [5.74, 6) is 0.0983. The van der Waals surface area contributed by atoms with Gasteiger partial charge in [0.25, 0.3) is 0 Å². The summed E-state index contributed by atoms with van der Waals surface area (Å²) in [5.41, 5.74) is 1.28. The van der Waals surface area contributed by atoms with E-state index < -0.39 is 0 Å². The molecule has 0 fully saturated rings. The summed E-state index contributed by atoms with van der Waals surface area (Å²) in [5, 5.41) is 5.74. The number of benzene rings is 1. The van der Waals surface area contributed by atoms with Gasteiger partial charge in [-0.25, -0.2) is 4.98 Å². The molecule has 0 radical (unpaired) electrons. The van der Waals surface area contributed by atoms with Crippen molar-refractivity contribution in [2.75, 3.05) is 0 Å². The van der Waals surface area contributed by atoms with Gasteiger partial charge in [0.1, 0.15) is 5.01 Å². The van der Waals surface area contributed by atoms with Crippen LogP contribution >= 0.6 is 11.3 Å². The van der Waals surface area contributed by atoms with Crippen LogP contribution < -0.4 is 5.32 Å². The summed E-state index contributed by atoms with van der Waals surface area (Å²) in [6, 6.07) is 10.2. The monoisotopic (exact) mass is 260 g/mol. The standard InChI is InChI=1S/C14H16N2OS/c17-13(16-11-14-15-9-10-18-14)8-4-7-12-5-2-1-3-6-12/h1-3,5-6,9-10H,4,7-8,11H2,(H,16,17). The van der Waals surface area contributed by atoms with Gasteiger partial charge in [-0.15, -0.1) is 11.3 Å². The molecule has 4 heteroatoms. The van der Waals surface area contributed by atoms with E-state index in [0.717, 1.165) is 17.8 Å². The zero-order valence-electron chi connectivity index (χ0n) is 10.1. The van der Waals surface area contributed by atoms with E-state index in [4.69, 9.17) is 0 Å². The summed E-state index contributed by atoms with van der Waals surface area (Å²) in [6.45, 7) is 0.543. The molecule has 0 aliphatic heterocycles. The van der Waals surface area contributed by atoms with Crippen LogP contribution in [0.3, 0.4) is 0 Å². The van der Waals surface area contributed by atoms with Crippen LogP contribution in [-0.2, 0) is 17.8 Å². The summed E-state index contributed by atoms with van der Waals surface area (Å²) in [6.07, 6.45) is 4.15. The summed E-state index contributed by atoms with van der Waals surface area (Å²) < 4.78 is 0. The van der Waals surface area contributed by atoms with Crippen molar-refractivity contribution in [1.82, 2.24) is 10.3 Å². The Morgan fingerprint density at radius 2 is 2.11 bits per heavy atom. The lowest BCUT2D eigenvalue weighted by molar-refractivity contribution is -0.121. The highest BCUT2D eigenvalue weighted by Gasteiger charge is 2.02. The molecule has 0 spiro atoms. The normalized spacial score (nSPS) is 10.2. The van der Waals surface area contributed by atoms with Crippen LogP contribution in [0.5, 0.6) is 0 Å². The lowest BCUT2D eigenvalue weighted by atomic mass is 10.1. The molecule has 0 aliphatic rings. The molecule has 2 aromatic rings. The quantitative estimate of drug-likeness (QED) is 0.867. The Bertz CT molecular complexity index is 468. The van der Waals surface area contributed by atoms with Crippen molar-refractivity contribution in [1.29, 1.82) is 0 Å². The zero-order chi connectivity index (χ0) is 12.6. The molecule has 1 N–H and O–H groups in total. The Kier molecular flexibility index (Phi) is 4.90. The SMILES string of the molecule is O=C(CCCc1ccccc1)NCc1nccs1. The molecule has 1 heterocycles. The van der Waals surface area contributed by atoms with E-state index in [1.165, 1.54) is 5.56 Å². The fraction of sp³-hybridized carbons (Fsp3) is 0.286. The third-order valence-corrected chi connectivity index (χ3v) is 3.41. The summed E-state index contributed by atoms with van der Waals surface area (Å²) >= 11 is 1.56. The Balaban J connectivity index is 1.63. The van der Waals surface area contributed by atoms with Crippen LogP contribution in [0.15, 0.2) is 41.9 Å². The molecule has 1 aromatic heterocycles. The molecule has 0 saturated heterocycles. The van der Waals surface area contributed by atoms with Crippen LogP contribution in [0.1, 0.15) is 23.4 Å². The van der Waals surface area contributed by atoms with Gasteiger partial charge in [0.15, 0.2) is 0 Å². The number of nitrogens with one attached hydrogen (secondary N) is 1. The van der Waals surface area contributed by atoms with E-state index in [1.54, 1.807) is 17.5 Å². The highest BCUT2D eigenvalue weighted by atomic mass is 32.1. The predicted octanol–water partition coefficient (Wildman–Crippen LogP) is 2.78. The highest BCUT2D eigenvalue weighted by molar-refractivity contribution is 7.09. The van der Waals surface area contributed by atoms with Gasteiger partial charge in [-0.05, 0) is 18.4 Å². The van der Waals surface area contributed by atoms with Crippen molar-refractivity contribution >= 4 is 17.2 Å². The van der Waals surface area contributed by atoms with Crippen molar-refractivity contribution in [3.63, 3.8) is 0 Å². The number of amides is 1. The second-order valence-corrected chi connectivity index (χ2v) is 5.02. The van der Waals surface area contributed by atoms with E-state index in [2.05, 4.69) is 22.4 Å². The number of carbonyl (C=O) groups is 1. The van der Waals surface area contributed by atoms with Gasteiger partial charge in [-0.3, -0.25) is 4.79 Å². The highest BCUT2D eigenvalue weighted by Crippen LogP contribution is 2.05. The predicted molar refractivity (Wildman–Crippen MR) is 73.3 cm³/mol. The minimum atomic E-state index is 0.0983. The first-order chi connectivity index (χ1) is 8.84. The Morgan fingerprint density at radius 1 is 1.28 bits per heavy atom. The number of thiazole rings is 1. The largest absolute Gasteiger partial charge is 0.350 e. The molecule has 94 valence electrons. The Labute approximate surface area is 111 Å². The third kappa shape index (κ3) is 4.30. The summed E-state index contributed by atoms with van der Waals surface area (Å²) in [4.78, 5) is 15.7. The molecule has 2 rings (SSSR count). The molecule has 0 aliphatic carbocycles. The Hall–Kier alpha value is -1.68. The molecular formula is C14H16N2OS. The van der Waals surface area contributed by atoms with Crippen molar-refractivity contribution in [3.8, 4) is 0 Å². The van der Waals surface area contributed by atoms with Crippen molar-refractivity contribution in [3.05, 3.63) is 52.5 Å². The number of hydrogen-bond donors (Lipinski definition) is 1. The zero-order valence-corrected chi connectivity index (χ0v) is 11.0.